The van der Waals surface area contributed by atoms with Gasteiger partial charge in [0.25, 0.3) is 5.91 Å². The number of fused-ring (bicyclic) bond motifs is 5. The zero-order valence-corrected chi connectivity index (χ0v) is 42.8. The number of nitrogens with one attached hydrogen (secondary N) is 1. The van der Waals surface area contributed by atoms with Gasteiger partial charge in [0.2, 0.25) is 0 Å². The Morgan fingerprint density at radius 1 is 0.814 bits per heavy atom. The van der Waals surface area contributed by atoms with Crippen LogP contribution in [0.25, 0.3) is 0 Å². The van der Waals surface area contributed by atoms with E-state index in [9.17, 15) is 34.2 Å². The van der Waals surface area contributed by atoms with E-state index in [-0.39, 0.29) is 46.8 Å². The zero-order valence-electron chi connectivity index (χ0n) is 41.8. The molecule has 70 heavy (non-hydrogen) atoms. The average molecular weight is 982 g/mol. The van der Waals surface area contributed by atoms with Gasteiger partial charge in [0, 0.05) is 37.7 Å². The molecule has 12 atom stereocenters. The predicted octanol–water partition coefficient (Wildman–Crippen LogP) is 7.01. The molecule has 7 rings (SSSR count). The molecule has 3 fully saturated rings. The fourth-order valence-corrected chi connectivity index (χ4v) is 14.5. The van der Waals surface area contributed by atoms with Crippen LogP contribution in [0, 0.1) is 22.7 Å². The zero-order chi connectivity index (χ0) is 51.3. The summed E-state index contributed by atoms with van der Waals surface area (Å²) in [4.78, 5) is 86.0. The highest BCUT2D eigenvalue weighted by Crippen LogP contribution is 2.65. The van der Waals surface area contributed by atoms with Crippen LogP contribution in [0.1, 0.15) is 107 Å². The molecule has 2 saturated carbocycles. The highest BCUT2D eigenvalue weighted by Gasteiger charge is 2.79. The van der Waals surface area contributed by atoms with Crippen LogP contribution in [0.3, 0.4) is 0 Å². The number of ether oxygens (including phenoxy) is 5. The van der Waals surface area contributed by atoms with E-state index in [1.807, 2.05) is 0 Å². The molecule has 1 unspecified atom stereocenters. The third-order valence-corrected chi connectivity index (χ3v) is 19.7. The minimum absolute atomic E-state index is 0.0563. The van der Waals surface area contributed by atoms with Crippen molar-refractivity contribution < 1.29 is 67.1 Å². The smallest absolute Gasteiger partial charge is 0.338 e. The average Bonchev–Trinajstić information content (AvgIpc) is 3.31. The fraction of sp³-hybridized carbons (Fsp3) is 0.519. The first kappa shape index (κ1) is 52.3. The Kier molecular flexibility index (Phi) is 14.6. The normalized spacial score (nSPS) is 30.4. The number of benzene rings is 3. The molecule has 1 amide bonds. The third kappa shape index (κ3) is 9.17. The van der Waals surface area contributed by atoms with E-state index in [0.29, 0.717) is 5.56 Å². The van der Waals surface area contributed by atoms with Crippen LogP contribution in [-0.2, 0) is 47.3 Å². The summed E-state index contributed by atoms with van der Waals surface area (Å²) in [7, 11) is -2.79. The number of carbonyl (C=O) groups is 6. The maximum absolute atomic E-state index is 16.4. The van der Waals surface area contributed by atoms with E-state index in [4.69, 9.17) is 28.1 Å². The molecule has 376 valence electrons. The van der Waals surface area contributed by atoms with E-state index in [2.05, 4.69) is 39.2 Å². The van der Waals surface area contributed by atoms with Gasteiger partial charge in [-0.25, -0.2) is 9.59 Å². The molecule has 15 nitrogen and oxygen atoms in total. The number of aliphatic hydroxyl groups excluding tert-OH is 1. The molecule has 3 aliphatic carbocycles. The van der Waals surface area contributed by atoms with Gasteiger partial charge in [0.15, 0.2) is 31.9 Å². The Hall–Kier alpha value is -5.52. The van der Waals surface area contributed by atoms with Crippen molar-refractivity contribution in [3.63, 3.8) is 0 Å². The number of hydrogen-bond acceptors (Lipinski definition) is 14. The summed E-state index contributed by atoms with van der Waals surface area (Å²) in [5.41, 5.74) is -6.46. The Bertz CT molecular complexity index is 2510. The highest BCUT2D eigenvalue weighted by molar-refractivity contribution is 6.72. The minimum Gasteiger partial charge on any atom is -0.456 e. The van der Waals surface area contributed by atoms with Crippen molar-refractivity contribution in [2.24, 2.45) is 22.7 Å². The van der Waals surface area contributed by atoms with E-state index < -0.39 is 121 Å². The van der Waals surface area contributed by atoms with Crippen LogP contribution >= 0.6 is 0 Å². The molecule has 0 aromatic heterocycles. The summed E-state index contributed by atoms with van der Waals surface area (Å²) >= 11 is 0. The number of rotatable bonds is 14. The van der Waals surface area contributed by atoms with Crippen LogP contribution in [0.2, 0.25) is 18.6 Å². The molecule has 1 heterocycles. The molecular formula is C54H67NO14Si. The van der Waals surface area contributed by atoms with E-state index in [1.165, 1.54) is 19.1 Å². The maximum Gasteiger partial charge on any atom is 0.338 e. The Labute approximate surface area is 410 Å². The molecule has 1 aliphatic heterocycles. The van der Waals surface area contributed by atoms with Crippen molar-refractivity contribution in [1.82, 2.24) is 5.32 Å². The van der Waals surface area contributed by atoms with Gasteiger partial charge in [-0.3, -0.25) is 19.2 Å². The first-order chi connectivity index (χ1) is 32.8. The van der Waals surface area contributed by atoms with Gasteiger partial charge in [-0.15, -0.1) is 0 Å². The molecule has 4 aliphatic rings. The van der Waals surface area contributed by atoms with Crippen molar-refractivity contribution in [2.45, 2.75) is 148 Å². The molecule has 0 radical (unpaired) electrons. The number of carbonyl (C=O) groups excluding carboxylic acids is 6. The molecule has 1 saturated heterocycles. The lowest BCUT2D eigenvalue weighted by Crippen LogP contribution is -2.82. The molecule has 3 N–H and O–H groups in total. The standard InChI is InChI=1S/C54H67NO14Si/c1-30(2)32(4)70(10,11)69-39-27-40-53(29-64-40,68-34(6)57)45-47(67-49(61)37-25-19-14-20-26-37)54(63)28-38(31(3)41(51(54,7)8)44(65-33(5)56)46(59)52(39,45)9)66-50(62)43(58)42(35-21-15-12-16-22-35)55-48(60)36-23-17-13-18-24-36/h12-26,30,32,38-40,42-45,47,58,63H,27-29H2,1-11H3,(H,55,60)/t32?,38-,39-,40+,42-,43+,44+,45-,47-,52+,53-,54+/m0/s1. The second kappa shape index (κ2) is 19.6. The Morgan fingerprint density at radius 3 is 1.91 bits per heavy atom. The van der Waals surface area contributed by atoms with Crippen molar-refractivity contribution in [3.8, 4) is 0 Å². The summed E-state index contributed by atoms with van der Waals surface area (Å²) < 4.78 is 38.9. The summed E-state index contributed by atoms with van der Waals surface area (Å²) in [5.74, 6) is -6.16. The van der Waals surface area contributed by atoms with E-state index in [0.717, 1.165) is 6.92 Å². The molecular weight excluding hydrogens is 915 g/mol. The Morgan fingerprint density at radius 2 is 1.39 bits per heavy atom. The third-order valence-electron chi connectivity index (χ3n) is 16.0. The number of ketones is 1. The molecule has 3 aromatic carbocycles. The summed E-state index contributed by atoms with van der Waals surface area (Å²) in [6, 6.07) is 23.4. The van der Waals surface area contributed by atoms with Crippen LogP contribution in [0.15, 0.2) is 102 Å². The fourth-order valence-electron chi connectivity index (χ4n) is 11.6. The SMILES string of the molecule is CC(=O)O[C@H]1C(=O)[C@]2(C)[C@@H](O[Si](C)(C)C(C)C(C)C)C[C@H]3OC[C@@]3(OC(C)=O)[C@H]2[C@H](OC(=O)c2ccccc2)[C@]2(O)C[C@H](OC(=O)[C@H](O)[C@@H](NC(=O)c3ccccc3)c3ccccc3)C(C)=C1C2(C)C. The van der Waals surface area contributed by atoms with E-state index >= 15 is 4.79 Å². The lowest BCUT2D eigenvalue weighted by Gasteiger charge is -2.68. The molecule has 0 spiro atoms. The van der Waals surface area contributed by atoms with E-state index in [1.54, 1.807) is 107 Å². The second-order valence-electron chi connectivity index (χ2n) is 21.1. The number of Topliss-reactive ketones (excluding diaryl/α,β-unsaturated/α-hetero) is 1. The van der Waals surface area contributed by atoms with Crippen molar-refractivity contribution in [1.29, 1.82) is 0 Å². The van der Waals surface area contributed by atoms with Gasteiger partial charge in [-0.2, -0.15) is 0 Å². The van der Waals surface area contributed by atoms with Crippen LogP contribution in [0.5, 0.6) is 0 Å². The van der Waals surface area contributed by atoms with Crippen molar-refractivity contribution in [2.75, 3.05) is 6.61 Å². The summed E-state index contributed by atoms with van der Waals surface area (Å²) in [6.07, 6.45) is -9.39. The number of amides is 1. The first-order valence-corrected chi connectivity index (χ1v) is 27.0. The monoisotopic (exact) mass is 981 g/mol. The van der Waals surface area contributed by atoms with Crippen LogP contribution in [-0.4, -0.2) is 109 Å². The Balaban J connectivity index is 1.44. The quantitative estimate of drug-likeness (QED) is 0.0643. The lowest BCUT2D eigenvalue weighted by atomic mass is 9.44. The maximum atomic E-state index is 16.4. The molecule has 3 aromatic rings. The van der Waals surface area contributed by atoms with Gasteiger partial charge < -0.3 is 43.6 Å². The van der Waals surface area contributed by atoms with Crippen molar-refractivity contribution in [3.05, 3.63) is 119 Å². The van der Waals surface area contributed by atoms with Gasteiger partial charge in [0.05, 0.1) is 35.6 Å². The molecule has 16 heteroatoms. The van der Waals surface area contributed by atoms with Gasteiger partial charge in [-0.05, 0) is 79.4 Å². The number of esters is 4. The van der Waals surface area contributed by atoms with Crippen LogP contribution < -0.4 is 5.32 Å². The topological polar surface area (TPSA) is 210 Å². The van der Waals surface area contributed by atoms with Gasteiger partial charge >= 0.3 is 23.9 Å². The molecule has 2 bridgehead atoms. The number of aliphatic hydroxyl groups is 2. The largest absolute Gasteiger partial charge is 0.456 e. The van der Waals surface area contributed by atoms with Crippen molar-refractivity contribution >= 4 is 43.9 Å². The number of hydrogen-bond donors (Lipinski definition) is 3. The minimum atomic E-state index is -2.79. The first-order valence-electron chi connectivity index (χ1n) is 24.0. The summed E-state index contributed by atoms with van der Waals surface area (Å²) in [6.45, 7) is 19.0. The predicted molar refractivity (Wildman–Crippen MR) is 258 cm³/mol. The van der Waals surface area contributed by atoms with Crippen LogP contribution in [0.4, 0.5) is 0 Å². The summed E-state index contributed by atoms with van der Waals surface area (Å²) in [5, 5.41) is 28.9. The lowest BCUT2D eigenvalue weighted by molar-refractivity contribution is -0.344. The van der Waals surface area contributed by atoms with Gasteiger partial charge in [-0.1, -0.05) is 101 Å². The second-order valence-corrected chi connectivity index (χ2v) is 25.4. The highest BCUT2D eigenvalue weighted by atomic mass is 28.4. The van der Waals surface area contributed by atoms with Gasteiger partial charge in [0.1, 0.15) is 23.9 Å².